The first kappa shape index (κ1) is 16.0. The van der Waals surface area contributed by atoms with Gasteiger partial charge in [-0.15, -0.1) is 0 Å². The fourth-order valence-electron chi connectivity index (χ4n) is 2.10. The molecule has 0 spiro atoms. The summed E-state index contributed by atoms with van der Waals surface area (Å²) in [5.41, 5.74) is 1.52. The van der Waals surface area contributed by atoms with Crippen molar-refractivity contribution in [3.05, 3.63) is 71.8 Å². The minimum absolute atomic E-state index is 0.0270. The number of ether oxygens (including phenoxy) is 3. The van der Waals surface area contributed by atoms with E-state index in [0.717, 1.165) is 0 Å². The third-order valence-corrected chi connectivity index (χ3v) is 3.50. The first-order chi connectivity index (χ1) is 11.7. The SMILES string of the molecule is C=Cc1ccccc1C(=O)Oc1ccc(C(=O)OCC2CO2)cc1. The number of esters is 2. The number of rotatable bonds is 6. The second-order valence-electron chi connectivity index (χ2n) is 5.26. The standard InChI is InChI=1S/C19H16O5/c1-2-13-5-3-4-6-17(13)19(21)24-15-9-7-14(8-10-15)18(20)23-12-16-11-22-16/h2-10,16H,1,11-12H2. The molecule has 0 amide bonds. The minimum Gasteiger partial charge on any atom is -0.459 e. The molecule has 1 saturated heterocycles. The van der Waals surface area contributed by atoms with Gasteiger partial charge in [-0.3, -0.25) is 0 Å². The summed E-state index contributed by atoms with van der Waals surface area (Å²) in [6, 6.07) is 13.2. The summed E-state index contributed by atoms with van der Waals surface area (Å²) >= 11 is 0. The van der Waals surface area contributed by atoms with Crippen LogP contribution >= 0.6 is 0 Å². The molecule has 1 atom stereocenters. The van der Waals surface area contributed by atoms with Gasteiger partial charge in [-0.25, -0.2) is 9.59 Å². The van der Waals surface area contributed by atoms with E-state index in [-0.39, 0.29) is 12.7 Å². The molecule has 0 aromatic heterocycles. The molecule has 1 aliphatic heterocycles. The Balaban J connectivity index is 1.63. The quantitative estimate of drug-likeness (QED) is 0.464. The Bertz CT molecular complexity index is 760. The minimum atomic E-state index is -0.480. The highest BCUT2D eigenvalue weighted by molar-refractivity contribution is 5.95. The number of hydrogen-bond donors (Lipinski definition) is 0. The molecule has 3 rings (SSSR count). The Morgan fingerprint density at radius 2 is 1.83 bits per heavy atom. The molecule has 1 heterocycles. The average molecular weight is 324 g/mol. The topological polar surface area (TPSA) is 65.1 Å². The van der Waals surface area contributed by atoms with Gasteiger partial charge >= 0.3 is 11.9 Å². The van der Waals surface area contributed by atoms with Gasteiger partial charge in [0.1, 0.15) is 18.5 Å². The lowest BCUT2D eigenvalue weighted by atomic mass is 10.1. The van der Waals surface area contributed by atoms with E-state index >= 15 is 0 Å². The van der Waals surface area contributed by atoms with E-state index in [2.05, 4.69) is 6.58 Å². The second kappa shape index (κ2) is 7.10. The summed E-state index contributed by atoms with van der Waals surface area (Å²) < 4.78 is 15.4. The number of carbonyl (C=O) groups excluding carboxylic acids is 2. The fourth-order valence-corrected chi connectivity index (χ4v) is 2.10. The van der Waals surface area contributed by atoms with Crippen LogP contribution < -0.4 is 4.74 Å². The van der Waals surface area contributed by atoms with Crippen LogP contribution in [-0.2, 0) is 9.47 Å². The molecule has 1 unspecified atom stereocenters. The van der Waals surface area contributed by atoms with Crippen molar-refractivity contribution in [1.82, 2.24) is 0 Å². The van der Waals surface area contributed by atoms with Crippen LogP contribution in [0.4, 0.5) is 0 Å². The lowest BCUT2D eigenvalue weighted by molar-refractivity contribution is 0.0476. The molecule has 0 N–H and O–H groups in total. The van der Waals surface area contributed by atoms with Crippen LogP contribution in [0.3, 0.4) is 0 Å². The van der Waals surface area contributed by atoms with Crippen LogP contribution in [0.1, 0.15) is 26.3 Å². The molecular weight excluding hydrogens is 308 g/mol. The van der Waals surface area contributed by atoms with E-state index in [9.17, 15) is 9.59 Å². The van der Waals surface area contributed by atoms with E-state index in [1.54, 1.807) is 48.5 Å². The van der Waals surface area contributed by atoms with Crippen molar-refractivity contribution in [2.75, 3.05) is 13.2 Å². The summed E-state index contributed by atoms with van der Waals surface area (Å²) in [5.74, 6) is -0.562. The zero-order chi connectivity index (χ0) is 16.9. The van der Waals surface area contributed by atoms with Crippen LogP contribution in [0.15, 0.2) is 55.1 Å². The molecule has 24 heavy (non-hydrogen) atoms. The lowest BCUT2D eigenvalue weighted by Crippen LogP contribution is -2.11. The maximum atomic E-state index is 12.2. The van der Waals surface area contributed by atoms with E-state index in [1.807, 2.05) is 6.07 Å². The predicted octanol–water partition coefficient (Wildman–Crippen LogP) is 3.10. The highest BCUT2D eigenvalue weighted by atomic mass is 16.6. The van der Waals surface area contributed by atoms with Crippen molar-refractivity contribution < 1.29 is 23.8 Å². The fraction of sp³-hybridized carbons (Fsp3) is 0.158. The van der Waals surface area contributed by atoms with Gasteiger partial charge in [-0.1, -0.05) is 30.9 Å². The number of benzene rings is 2. The number of hydrogen-bond acceptors (Lipinski definition) is 5. The molecule has 5 nitrogen and oxygen atoms in total. The molecule has 122 valence electrons. The Morgan fingerprint density at radius 1 is 1.12 bits per heavy atom. The van der Waals surface area contributed by atoms with Crippen molar-refractivity contribution >= 4 is 18.0 Å². The normalized spacial score (nSPS) is 15.4. The van der Waals surface area contributed by atoms with E-state index in [0.29, 0.717) is 29.0 Å². The summed E-state index contributed by atoms with van der Waals surface area (Å²) in [5, 5.41) is 0. The summed E-state index contributed by atoms with van der Waals surface area (Å²) in [6.45, 7) is 4.57. The first-order valence-electron chi connectivity index (χ1n) is 7.50. The van der Waals surface area contributed by atoms with Gasteiger partial charge in [-0.2, -0.15) is 0 Å². The van der Waals surface area contributed by atoms with Gasteiger partial charge in [0.2, 0.25) is 0 Å². The van der Waals surface area contributed by atoms with Gasteiger partial charge in [0, 0.05) is 0 Å². The first-order valence-corrected chi connectivity index (χ1v) is 7.50. The van der Waals surface area contributed by atoms with Crippen molar-refractivity contribution in [3.63, 3.8) is 0 Å². The van der Waals surface area contributed by atoms with Crippen LogP contribution in [0.5, 0.6) is 5.75 Å². The highest BCUT2D eigenvalue weighted by Crippen LogP contribution is 2.18. The maximum Gasteiger partial charge on any atom is 0.344 e. The number of epoxide rings is 1. The molecule has 2 aromatic rings. The molecule has 0 bridgehead atoms. The molecule has 5 heteroatoms. The van der Waals surface area contributed by atoms with Gasteiger partial charge in [0.05, 0.1) is 17.7 Å². The van der Waals surface area contributed by atoms with E-state index in [4.69, 9.17) is 14.2 Å². The Labute approximate surface area is 139 Å². The summed E-state index contributed by atoms with van der Waals surface area (Å²) in [7, 11) is 0. The smallest absolute Gasteiger partial charge is 0.344 e. The van der Waals surface area contributed by atoms with Gasteiger partial charge in [-0.05, 0) is 35.9 Å². The monoisotopic (exact) mass is 324 g/mol. The predicted molar refractivity (Wildman–Crippen MR) is 88.0 cm³/mol. The van der Waals surface area contributed by atoms with Gasteiger partial charge < -0.3 is 14.2 Å². The third kappa shape index (κ3) is 3.88. The lowest BCUT2D eigenvalue weighted by Gasteiger charge is -2.07. The summed E-state index contributed by atoms with van der Waals surface area (Å²) in [6.07, 6.45) is 1.62. The van der Waals surface area contributed by atoms with Crippen LogP contribution in [0, 0.1) is 0 Å². The average Bonchev–Trinajstić information content (AvgIpc) is 3.44. The third-order valence-electron chi connectivity index (χ3n) is 3.50. The Kier molecular flexibility index (Phi) is 4.72. The van der Waals surface area contributed by atoms with Gasteiger partial charge in [0.25, 0.3) is 0 Å². The van der Waals surface area contributed by atoms with Crippen LogP contribution in [-0.4, -0.2) is 31.3 Å². The van der Waals surface area contributed by atoms with E-state index < -0.39 is 11.9 Å². The van der Waals surface area contributed by atoms with E-state index in [1.165, 1.54) is 0 Å². The molecule has 0 aliphatic carbocycles. The maximum absolute atomic E-state index is 12.2. The van der Waals surface area contributed by atoms with Crippen molar-refractivity contribution in [2.45, 2.75) is 6.10 Å². The Morgan fingerprint density at radius 3 is 2.50 bits per heavy atom. The highest BCUT2D eigenvalue weighted by Gasteiger charge is 2.24. The van der Waals surface area contributed by atoms with Crippen LogP contribution in [0.2, 0.25) is 0 Å². The molecule has 1 aliphatic rings. The second-order valence-corrected chi connectivity index (χ2v) is 5.26. The zero-order valence-corrected chi connectivity index (χ0v) is 12.9. The van der Waals surface area contributed by atoms with Crippen LogP contribution in [0.25, 0.3) is 6.08 Å². The zero-order valence-electron chi connectivity index (χ0n) is 12.9. The van der Waals surface area contributed by atoms with Gasteiger partial charge in [0.15, 0.2) is 0 Å². The molecular formula is C19H16O5. The molecule has 2 aromatic carbocycles. The largest absolute Gasteiger partial charge is 0.459 e. The summed E-state index contributed by atoms with van der Waals surface area (Å²) in [4.78, 5) is 24.0. The molecule has 0 saturated carbocycles. The van der Waals surface area contributed by atoms with Crippen molar-refractivity contribution in [3.8, 4) is 5.75 Å². The van der Waals surface area contributed by atoms with Crippen molar-refractivity contribution in [1.29, 1.82) is 0 Å². The molecule has 0 radical (unpaired) electrons. The number of carbonyl (C=O) groups is 2. The Hall–Kier alpha value is -2.92. The molecule has 1 fully saturated rings. The van der Waals surface area contributed by atoms with Crippen molar-refractivity contribution in [2.24, 2.45) is 0 Å².